The van der Waals surface area contributed by atoms with Gasteiger partial charge in [-0.2, -0.15) is 0 Å². The molecule has 0 saturated heterocycles. The molecular formula is C16H25N. The van der Waals surface area contributed by atoms with Crippen molar-refractivity contribution in [3.05, 3.63) is 34.9 Å². The van der Waals surface area contributed by atoms with E-state index in [1.54, 1.807) is 11.1 Å². The van der Waals surface area contributed by atoms with E-state index in [4.69, 9.17) is 0 Å². The maximum absolute atomic E-state index is 3.64. The van der Waals surface area contributed by atoms with Crippen molar-refractivity contribution in [3.8, 4) is 0 Å². The highest BCUT2D eigenvalue weighted by atomic mass is 14.9. The summed E-state index contributed by atoms with van der Waals surface area (Å²) in [5.41, 5.74) is 4.71. The highest BCUT2D eigenvalue weighted by Gasteiger charge is 2.12. The summed E-state index contributed by atoms with van der Waals surface area (Å²) in [6, 6.07) is 7.78. The first-order valence-corrected chi connectivity index (χ1v) is 7.17. The van der Waals surface area contributed by atoms with Gasteiger partial charge in [0.2, 0.25) is 0 Å². The van der Waals surface area contributed by atoms with Gasteiger partial charge in [-0.25, -0.2) is 0 Å². The molecule has 1 unspecified atom stereocenters. The van der Waals surface area contributed by atoms with Gasteiger partial charge in [-0.1, -0.05) is 32.0 Å². The Labute approximate surface area is 106 Å². The van der Waals surface area contributed by atoms with E-state index in [-0.39, 0.29) is 0 Å². The smallest absolute Gasteiger partial charge is 0.0105 e. The lowest BCUT2D eigenvalue weighted by molar-refractivity contribution is 0.494. The lowest BCUT2D eigenvalue weighted by Gasteiger charge is -2.17. The number of rotatable bonds is 6. The molecule has 1 aliphatic carbocycles. The molecule has 0 aliphatic heterocycles. The van der Waals surface area contributed by atoms with E-state index < -0.39 is 0 Å². The summed E-state index contributed by atoms with van der Waals surface area (Å²) in [4.78, 5) is 0. The zero-order valence-corrected chi connectivity index (χ0v) is 11.3. The molecule has 1 aromatic carbocycles. The molecule has 2 rings (SSSR count). The Hall–Kier alpha value is -0.820. The molecule has 94 valence electrons. The molecule has 1 N–H and O–H groups in total. The van der Waals surface area contributed by atoms with Crippen LogP contribution in [0.1, 0.15) is 49.8 Å². The second-order valence-electron chi connectivity index (χ2n) is 5.22. The lowest BCUT2D eigenvalue weighted by Crippen LogP contribution is -2.31. The summed E-state index contributed by atoms with van der Waals surface area (Å²) in [5.74, 6) is 0. The maximum atomic E-state index is 3.64. The Morgan fingerprint density at radius 3 is 2.76 bits per heavy atom. The SMILES string of the molecule is CCCNC(CC)Cc1ccc2c(c1)CCC2. The Morgan fingerprint density at radius 1 is 1.18 bits per heavy atom. The minimum absolute atomic E-state index is 0.648. The van der Waals surface area contributed by atoms with Crippen LogP contribution in [0.15, 0.2) is 18.2 Å². The van der Waals surface area contributed by atoms with Gasteiger partial charge in [-0.15, -0.1) is 0 Å². The van der Waals surface area contributed by atoms with E-state index in [1.807, 2.05) is 0 Å². The Balaban J connectivity index is 1.97. The van der Waals surface area contributed by atoms with Gasteiger partial charge in [-0.05, 0) is 61.8 Å². The van der Waals surface area contributed by atoms with Crippen molar-refractivity contribution < 1.29 is 0 Å². The monoisotopic (exact) mass is 231 g/mol. The number of benzene rings is 1. The zero-order valence-electron chi connectivity index (χ0n) is 11.3. The lowest BCUT2D eigenvalue weighted by atomic mass is 9.99. The summed E-state index contributed by atoms with van der Waals surface area (Å²) in [6.07, 6.45) is 7.56. The Morgan fingerprint density at radius 2 is 2.00 bits per heavy atom. The number of nitrogens with one attached hydrogen (secondary N) is 1. The van der Waals surface area contributed by atoms with Gasteiger partial charge in [0.1, 0.15) is 0 Å². The quantitative estimate of drug-likeness (QED) is 0.790. The predicted octanol–water partition coefficient (Wildman–Crippen LogP) is 3.50. The Kier molecular flexibility index (Phi) is 4.61. The zero-order chi connectivity index (χ0) is 12.1. The van der Waals surface area contributed by atoms with Crippen LogP contribution in [0, 0.1) is 0 Å². The molecule has 0 spiro atoms. The summed E-state index contributed by atoms with van der Waals surface area (Å²) in [5, 5.41) is 3.64. The molecular weight excluding hydrogens is 206 g/mol. The molecule has 0 fully saturated rings. The molecule has 1 heteroatoms. The normalized spacial score (nSPS) is 15.9. The van der Waals surface area contributed by atoms with Crippen molar-refractivity contribution in [2.24, 2.45) is 0 Å². The van der Waals surface area contributed by atoms with E-state index in [2.05, 4.69) is 37.4 Å². The van der Waals surface area contributed by atoms with Gasteiger partial charge >= 0.3 is 0 Å². The van der Waals surface area contributed by atoms with Crippen molar-refractivity contribution in [2.45, 2.75) is 58.4 Å². The minimum Gasteiger partial charge on any atom is -0.314 e. The van der Waals surface area contributed by atoms with Crippen molar-refractivity contribution in [1.82, 2.24) is 5.32 Å². The molecule has 1 aromatic rings. The predicted molar refractivity (Wildman–Crippen MR) is 74.5 cm³/mol. The third-order valence-corrected chi connectivity index (χ3v) is 3.82. The van der Waals surface area contributed by atoms with Crippen molar-refractivity contribution >= 4 is 0 Å². The molecule has 17 heavy (non-hydrogen) atoms. The van der Waals surface area contributed by atoms with Gasteiger partial charge in [0.15, 0.2) is 0 Å². The van der Waals surface area contributed by atoms with Gasteiger partial charge < -0.3 is 5.32 Å². The summed E-state index contributed by atoms with van der Waals surface area (Å²) >= 11 is 0. The van der Waals surface area contributed by atoms with Crippen molar-refractivity contribution in [2.75, 3.05) is 6.54 Å². The summed E-state index contributed by atoms with van der Waals surface area (Å²) < 4.78 is 0. The molecule has 1 aliphatic rings. The fraction of sp³-hybridized carbons (Fsp3) is 0.625. The van der Waals surface area contributed by atoms with Gasteiger partial charge in [0.05, 0.1) is 0 Å². The van der Waals surface area contributed by atoms with E-state index in [9.17, 15) is 0 Å². The maximum Gasteiger partial charge on any atom is 0.0105 e. The standard InChI is InChI=1S/C16H25N/c1-3-10-17-16(4-2)12-13-8-9-14-6-5-7-15(14)11-13/h8-9,11,16-17H,3-7,10,12H2,1-2H3. The van der Waals surface area contributed by atoms with Crippen LogP contribution in [-0.2, 0) is 19.3 Å². The van der Waals surface area contributed by atoms with Gasteiger partial charge in [0.25, 0.3) is 0 Å². The van der Waals surface area contributed by atoms with Crippen LogP contribution >= 0.6 is 0 Å². The highest BCUT2D eigenvalue weighted by molar-refractivity contribution is 5.35. The molecule has 0 heterocycles. The van der Waals surface area contributed by atoms with E-state index in [0.717, 1.165) is 6.54 Å². The molecule has 1 atom stereocenters. The van der Waals surface area contributed by atoms with Gasteiger partial charge in [0, 0.05) is 6.04 Å². The number of fused-ring (bicyclic) bond motifs is 1. The molecule has 0 amide bonds. The minimum atomic E-state index is 0.648. The van der Waals surface area contributed by atoms with E-state index in [0.29, 0.717) is 6.04 Å². The average molecular weight is 231 g/mol. The Bertz CT molecular complexity index is 357. The first-order chi connectivity index (χ1) is 8.33. The van der Waals surface area contributed by atoms with Crippen molar-refractivity contribution in [1.29, 1.82) is 0 Å². The summed E-state index contributed by atoms with van der Waals surface area (Å²) in [6.45, 7) is 5.65. The van der Waals surface area contributed by atoms with Crippen LogP contribution in [0.3, 0.4) is 0 Å². The van der Waals surface area contributed by atoms with E-state index in [1.165, 1.54) is 44.1 Å². The first-order valence-electron chi connectivity index (χ1n) is 7.17. The van der Waals surface area contributed by atoms with Crippen LogP contribution < -0.4 is 5.32 Å². The fourth-order valence-corrected chi connectivity index (χ4v) is 2.75. The second-order valence-corrected chi connectivity index (χ2v) is 5.22. The van der Waals surface area contributed by atoms with Crippen LogP contribution in [0.25, 0.3) is 0 Å². The number of aryl methyl sites for hydroxylation is 2. The van der Waals surface area contributed by atoms with Crippen LogP contribution in [-0.4, -0.2) is 12.6 Å². The number of hydrogen-bond donors (Lipinski definition) is 1. The van der Waals surface area contributed by atoms with Crippen LogP contribution in [0.5, 0.6) is 0 Å². The molecule has 0 bridgehead atoms. The van der Waals surface area contributed by atoms with Crippen molar-refractivity contribution in [3.63, 3.8) is 0 Å². The van der Waals surface area contributed by atoms with E-state index >= 15 is 0 Å². The second kappa shape index (κ2) is 6.20. The third-order valence-electron chi connectivity index (χ3n) is 3.82. The third kappa shape index (κ3) is 3.32. The number of hydrogen-bond acceptors (Lipinski definition) is 1. The van der Waals surface area contributed by atoms with Crippen LogP contribution in [0.2, 0.25) is 0 Å². The average Bonchev–Trinajstić information content (AvgIpc) is 2.81. The molecule has 0 aromatic heterocycles. The molecule has 0 saturated carbocycles. The summed E-state index contributed by atoms with van der Waals surface area (Å²) in [7, 11) is 0. The molecule has 0 radical (unpaired) electrons. The fourth-order valence-electron chi connectivity index (χ4n) is 2.75. The van der Waals surface area contributed by atoms with Gasteiger partial charge in [-0.3, -0.25) is 0 Å². The largest absolute Gasteiger partial charge is 0.314 e. The van der Waals surface area contributed by atoms with Crippen LogP contribution in [0.4, 0.5) is 0 Å². The highest BCUT2D eigenvalue weighted by Crippen LogP contribution is 2.23. The topological polar surface area (TPSA) is 12.0 Å². The first kappa shape index (κ1) is 12.6. The molecule has 1 nitrogen and oxygen atoms in total.